The molecule has 30 heavy (non-hydrogen) atoms. The quantitative estimate of drug-likeness (QED) is 0.738. The maximum Gasteiger partial charge on any atom is 0.265 e. The standard InChI is InChI=1S/C22H24BrN3O4/c1-15-12-16(23)6-7-17(15)24-21(27)14-26-13-20(22(28)25-8-10-29-11-9-25)30-19-5-3-2-4-18(19)26/h2-7,12,20H,8-11,13-14H2,1H3,(H,24,27)/t20-/m0/s1. The van der Waals surface area contributed by atoms with Crippen LogP contribution < -0.4 is 15.0 Å². The fourth-order valence-corrected chi connectivity index (χ4v) is 4.18. The summed E-state index contributed by atoms with van der Waals surface area (Å²) in [6.45, 7) is 4.58. The number of aryl methyl sites for hydroxylation is 1. The van der Waals surface area contributed by atoms with E-state index in [9.17, 15) is 9.59 Å². The third kappa shape index (κ3) is 4.60. The molecule has 1 N–H and O–H groups in total. The van der Waals surface area contributed by atoms with Crippen molar-refractivity contribution in [3.63, 3.8) is 0 Å². The van der Waals surface area contributed by atoms with E-state index in [4.69, 9.17) is 9.47 Å². The number of morpholine rings is 1. The van der Waals surface area contributed by atoms with Crippen molar-refractivity contribution in [2.24, 2.45) is 0 Å². The minimum Gasteiger partial charge on any atom is -0.477 e. The summed E-state index contributed by atoms with van der Waals surface area (Å²) in [7, 11) is 0. The average molecular weight is 474 g/mol. The van der Waals surface area contributed by atoms with Crippen LogP contribution in [0.25, 0.3) is 0 Å². The van der Waals surface area contributed by atoms with Gasteiger partial charge in [0.25, 0.3) is 5.91 Å². The Morgan fingerprint density at radius 1 is 1.17 bits per heavy atom. The van der Waals surface area contributed by atoms with Gasteiger partial charge in [0.15, 0.2) is 6.10 Å². The number of hydrogen-bond donors (Lipinski definition) is 1. The lowest BCUT2D eigenvalue weighted by atomic mass is 10.1. The van der Waals surface area contributed by atoms with Crippen LogP contribution in [0.2, 0.25) is 0 Å². The first-order chi connectivity index (χ1) is 14.5. The van der Waals surface area contributed by atoms with Gasteiger partial charge in [0.2, 0.25) is 5.91 Å². The van der Waals surface area contributed by atoms with E-state index in [0.29, 0.717) is 38.6 Å². The number of rotatable bonds is 4. The third-order valence-corrected chi connectivity index (χ3v) is 5.75. The van der Waals surface area contributed by atoms with Crippen molar-refractivity contribution >= 4 is 39.1 Å². The van der Waals surface area contributed by atoms with Crippen molar-refractivity contribution in [1.82, 2.24) is 4.90 Å². The number of amides is 2. The van der Waals surface area contributed by atoms with E-state index in [-0.39, 0.29) is 18.4 Å². The van der Waals surface area contributed by atoms with Gasteiger partial charge in [0, 0.05) is 23.2 Å². The molecule has 2 aliphatic heterocycles. The Labute approximate surface area is 184 Å². The van der Waals surface area contributed by atoms with Crippen LogP contribution in [0.3, 0.4) is 0 Å². The molecule has 2 amide bonds. The fraction of sp³-hybridized carbons (Fsp3) is 0.364. The number of halogens is 1. The first kappa shape index (κ1) is 20.7. The van der Waals surface area contributed by atoms with Gasteiger partial charge in [-0.25, -0.2) is 0 Å². The normalized spacial score (nSPS) is 18.4. The third-order valence-electron chi connectivity index (χ3n) is 5.26. The molecular weight excluding hydrogens is 450 g/mol. The first-order valence-electron chi connectivity index (χ1n) is 9.94. The molecule has 0 aliphatic carbocycles. The lowest BCUT2D eigenvalue weighted by Gasteiger charge is -2.38. The van der Waals surface area contributed by atoms with E-state index in [1.807, 2.05) is 54.3 Å². The Bertz CT molecular complexity index is 946. The molecule has 0 bridgehead atoms. The topological polar surface area (TPSA) is 71.1 Å². The number of carbonyl (C=O) groups is 2. The SMILES string of the molecule is Cc1cc(Br)ccc1NC(=O)CN1C[C@@H](C(=O)N2CCOCC2)Oc2ccccc21. The monoisotopic (exact) mass is 473 g/mol. The second-order valence-electron chi connectivity index (χ2n) is 7.40. The predicted molar refractivity (Wildman–Crippen MR) is 118 cm³/mol. The smallest absolute Gasteiger partial charge is 0.265 e. The Morgan fingerprint density at radius 2 is 1.93 bits per heavy atom. The van der Waals surface area contributed by atoms with E-state index in [2.05, 4.69) is 21.2 Å². The molecule has 8 heteroatoms. The van der Waals surface area contributed by atoms with E-state index in [1.165, 1.54) is 0 Å². The maximum absolute atomic E-state index is 13.0. The summed E-state index contributed by atoms with van der Waals surface area (Å²) in [6.07, 6.45) is -0.653. The van der Waals surface area contributed by atoms with Gasteiger partial charge in [-0.15, -0.1) is 0 Å². The van der Waals surface area contributed by atoms with E-state index < -0.39 is 6.10 Å². The molecule has 0 saturated carbocycles. The molecule has 2 heterocycles. The van der Waals surface area contributed by atoms with Gasteiger partial charge < -0.3 is 24.6 Å². The summed E-state index contributed by atoms with van der Waals surface area (Å²) in [5.74, 6) is 0.402. The lowest BCUT2D eigenvalue weighted by Crippen LogP contribution is -2.53. The molecule has 1 saturated heterocycles. The number of nitrogens with zero attached hydrogens (tertiary/aromatic N) is 2. The Morgan fingerprint density at radius 3 is 2.70 bits per heavy atom. The average Bonchev–Trinajstić information content (AvgIpc) is 2.75. The van der Waals surface area contributed by atoms with E-state index >= 15 is 0 Å². The van der Waals surface area contributed by atoms with Crippen LogP contribution in [0.1, 0.15) is 5.56 Å². The first-order valence-corrected chi connectivity index (χ1v) is 10.7. The zero-order chi connectivity index (χ0) is 21.1. The summed E-state index contributed by atoms with van der Waals surface area (Å²) in [6, 6.07) is 13.2. The van der Waals surface area contributed by atoms with Crippen molar-refractivity contribution in [3.05, 3.63) is 52.5 Å². The van der Waals surface area contributed by atoms with Gasteiger partial charge in [0.05, 0.1) is 32.0 Å². The molecule has 1 atom stereocenters. The second kappa shape index (κ2) is 9.06. The van der Waals surface area contributed by atoms with E-state index in [1.54, 1.807) is 4.90 Å². The van der Waals surface area contributed by atoms with Crippen molar-refractivity contribution in [1.29, 1.82) is 0 Å². The van der Waals surface area contributed by atoms with Crippen molar-refractivity contribution < 1.29 is 19.1 Å². The number of benzene rings is 2. The zero-order valence-electron chi connectivity index (χ0n) is 16.8. The largest absolute Gasteiger partial charge is 0.477 e. The lowest BCUT2D eigenvalue weighted by molar-refractivity contribution is -0.142. The summed E-state index contributed by atoms with van der Waals surface area (Å²) < 4.78 is 12.3. The van der Waals surface area contributed by atoms with Gasteiger partial charge in [-0.2, -0.15) is 0 Å². The summed E-state index contributed by atoms with van der Waals surface area (Å²) >= 11 is 3.43. The summed E-state index contributed by atoms with van der Waals surface area (Å²) in [5.41, 5.74) is 2.55. The molecule has 0 aromatic heterocycles. The molecule has 0 radical (unpaired) electrons. The second-order valence-corrected chi connectivity index (χ2v) is 8.32. The maximum atomic E-state index is 13.0. The van der Waals surface area contributed by atoms with Crippen LogP contribution in [0.15, 0.2) is 46.9 Å². The minimum absolute atomic E-state index is 0.0676. The van der Waals surface area contributed by atoms with Crippen molar-refractivity contribution in [3.8, 4) is 5.75 Å². The Hall–Kier alpha value is -2.58. The van der Waals surface area contributed by atoms with Gasteiger partial charge in [-0.05, 0) is 42.8 Å². The van der Waals surface area contributed by atoms with Gasteiger partial charge >= 0.3 is 0 Å². The molecule has 7 nitrogen and oxygen atoms in total. The zero-order valence-corrected chi connectivity index (χ0v) is 18.4. The number of para-hydroxylation sites is 2. The van der Waals surface area contributed by atoms with E-state index in [0.717, 1.165) is 21.4 Å². The van der Waals surface area contributed by atoms with Crippen LogP contribution in [-0.2, 0) is 14.3 Å². The molecule has 2 aromatic carbocycles. The highest BCUT2D eigenvalue weighted by atomic mass is 79.9. The molecule has 2 aromatic rings. The highest BCUT2D eigenvalue weighted by Gasteiger charge is 2.34. The number of fused-ring (bicyclic) bond motifs is 1. The van der Waals surface area contributed by atoms with Gasteiger partial charge in [-0.1, -0.05) is 28.1 Å². The highest BCUT2D eigenvalue weighted by molar-refractivity contribution is 9.10. The molecule has 0 spiro atoms. The molecule has 158 valence electrons. The predicted octanol–water partition coefficient (Wildman–Crippen LogP) is 2.82. The number of ether oxygens (including phenoxy) is 2. The number of nitrogens with one attached hydrogen (secondary N) is 1. The Balaban J connectivity index is 1.49. The molecule has 0 unspecified atom stereocenters. The molecule has 4 rings (SSSR count). The summed E-state index contributed by atoms with van der Waals surface area (Å²) in [5, 5.41) is 2.97. The number of anilines is 2. The van der Waals surface area contributed by atoms with Gasteiger partial charge in [0.1, 0.15) is 5.75 Å². The number of hydrogen-bond acceptors (Lipinski definition) is 5. The minimum atomic E-state index is -0.653. The highest BCUT2D eigenvalue weighted by Crippen LogP contribution is 2.33. The van der Waals surface area contributed by atoms with Crippen molar-refractivity contribution in [2.45, 2.75) is 13.0 Å². The Kier molecular flexibility index (Phi) is 6.24. The molecular formula is C22H24BrN3O4. The fourth-order valence-electron chi connectivity index (χ4n) is 3.70. The summed E-state index contributed by atoms with van der Waals surface area (Å²) in [4.78, 5) is 29.4. The molecule has 2 aliphatic rings. The van der Waals surface area contributed by atoms with Crippen LogP contribution in [0, 0.1) is 6.92 Å². The van der Waals surface area contributed by atoms with Crippen LogP contribution in [0.4, 0.5) is 11.4 Å². The molecule has 1 fully saturated rings. The van der Waals surface area contributed by atoms with Gasteiger partial charge in [-0.3, -0.25) is 9.59 Å². The van der Waals surface area contributed by atoms with Crippen LogP contribution in [0.5, 0.6) is 5.75 Å². The van der Waals surface area contributed by atoms with Crippen molar-refractivity contribution in [2.75, 3.05) is 49.6 Å². The number of carbonyl (C=O) groups excluding carboxylic acids is 2. The van der Waals surface area contributed by atoms with Crippen LogP contribution in [-0.4, -0.2) is 62.2 Å². The van der Waals surface area contributed by atoms with Crippen LogP contribution >= 0.6 is 15.9 Å².